The Hall–Kier alpha value is -3.28. The molecule has 1 atom stereocenters. The largest absolute Gasteiger partial charge is 0.497 e. The van der Waals surface area contributed by atoms with Crippen molar-refractivity contribution in [2.24, 2.45) is 0 Å². The van der Waals surface area contributed by atoms with E-state index in [-0.39, 0.29) is 18.1 Å². The van der Waals surface area contributed by atoms with Crippen molar-refractivity contribution in [3.63, 3.8) is 0 Å². The highest BCUT2D eigenvalue weighted by atomic mass is 16.6. The van der Waals surface area contributed by atoms with E-state index in [2.05, 4.69) is 0 Å². The molecule has 0 aliphatic carbocycles. The lowest BCUT2D eigenvalue weighted by Crippen LogP contribution is -2.26. The lowest BCUT2D eigenvalue weighted by molar-refractivity contribution is -0.150. The summed E-state index contributed by atoms with van der Waals surface area (Å²) in [5.74, 6) is 1.24. The summed E-state index contributed by atoms with van der Waals surface area (Å²) in [6.45, 7) is 5.43. The highest BCUT2D eigenvalue weighted by Crippen LogP contribution is 2.39. The number of Topliss-reactive ketones (excluding diaryl/α,β-unsaturated/α-hetero) is 1. The van der Waals surface area contributed by atoms with Gasteiger partial charge in [0.2, 0.25) is 5.78 Å². The van der Waals surface area contributed by atoms with Gasteiger partial charge in [-0.2, -0.15) is 0 Å². The van der Waals surface area contributed by atoms with Crippen LogP contribution in [-0.2, 0) is 9.53 Å². The van der Waals surface area contributed by atoms with Crippen LogP contribution in [0.1, 0.15) is 35.3 Å². The summed E-state index contributed by atoms with van der Waals surface area (Å²) < 4.78 is 21.6. The van der Waals surface area contributed by atoms with Crippen LogP contribution in [0.4, 0.5) is 0 Å². The van der Waals surface area contributed by atoms with E-state index in [1.54, 1.807) is 46.1 Å². The Bertz CT molecular complexity index is 927. The van der Waals surface area contributed by atoms with E-state index >= 15 is 0 Å². The van der Waals surface area contributed by atoms with E-state index in [1.165, 1.54) is 0 Å². The highest BCUT2D eigenvalue weighted by Gasteiger charge is 2.30. The van der Waals surface area contributed by atoms with Crippen molar-refractivity contribution in [1.29, 1.82) is 0 Å². The molecule has 6 nitrogen and oxygen atoms in total. The van der Waals surface area contributed by atoms with E-state index < -0.39 is 12.1 Å². The van der Waals surface area contributed by atoms with Crippen LogP contribution >= 0.6 is 0 Å². The number of ether oxygens (including phenoxy) is 4. The average Bonchev–Trinajstić information content (AvgIpc) is 3.01. The van der Waals surface area contributed by atoms with Crippen molar-refractivity contribution < 1.29 is 28.5 Å². The molecule has 0 aromatic heterocycles. The van der Waals surface area contributed by atoms with E-state index in [4.69, 9.17) is 18.9 Å². The molecule has 0 amide bonds. The van der Waals surface area contributed by atoms with Crippen molar-refractivity contribution in [2.75, 3.05) is 13.7 Å². The fraction of sp³-hybridized carbons (Fsp3) is 0.273. The minimum absolute atomic E-state index is 0.195. The number of esters is 1. The number of allylic oxidation sites excluding steroid dienone is 1. The molecule has 0 fully saturated rings. The van der Waals surface area contributed by atoms with Gasteiger partial charge in [-0.05, 0) is 56.7 Å². The SMILES string of the molecule is CCOC(=O)C(C)Oc1ccc2c(c1C)O/C(=C\c1ccc(OC)cc1)C2=O. The third kappa shape index (κ3) is 3.86. The maximum Gasteiger partial charge on any atom is 0.347 e. The van der Waals surface area contributed by atoms with Crippen LogP contribution in [0.3, 0.4) is 0 Å². The fourth-order valence-corrected chi connectivity index (χ4v) is 2.85. The van der Waals surface area contributed by atoms with Crippen molar-refractivity contribution in [3.8, 4) is 17.2 Å². The van der Waals surface area contributed by atoms with E-state index in [0.29, 0.717) is 22.6 Å². The molecule has 1 unspecified atom stereocenters. The van der Waals surface area contributed by atoms with Gasteiger partial charge in [0, 0.05) is 5.56 Å². The van der Waals surface area contributed by atoms with E-state index in [9.17, 15) is 9.59 Å². The van der Waals surface area contributed by atoms with E-state index in [0.717, 1.165) is 11.3 Å². The van der Waals surface area contributed by atoms with Crippen LogP contribution in [0.2, 0.25) is 0 Å². The number of hydrogen-bond acceptors (Lipinski definition) is 6. The highest BCUT2D eigenvalue weighted by molar-refractivity contribution is 6.15. The number of methoxy groups -OCH3 is 1. The molecular weight excluding hydrogens is 360 g/mol. The van der Waals surface area contributed by atoms with Crippen LogP contribution in [0.15, 0.2) is 42.2 Å². The summed E-state index contributed by atoms with van der Waals surface area (Å²) in [6, 6.07) is 10.6. The van der Waals surface area contributed by atoms with Gasteiger partial charge in [0.1, 0.15) is 17.2 Å². The lowest BCUT2D eigenvalue weighted by Gasteiger charge is -2.16. The average molecular weight is 382 g/mol. The Morgan fingerprint density at radius 1 is 1.18 bits per heavy atom. The Morgan fingerprint density at radius 3 is 2.54 bits per heavy atom. The van der Waals surface area contributed by atoms with Crippen molar-refractivity contribution in [1.82, 2.24) is 0 Å². The number of hydrogen-bond donors (Lipinski definition) is 0. The predicted molar refractivity (Wildman–Crippen MR) is 104 cm³/mol. The number of ketones is 1. The number of fused-ring (bicyclic) bond motifs is 1. The van der Waals surface area contributed by atoms with Gasteiger partial charge in [0.05, 0.1) is 19.3 Å². The molecule has 0 radical (unpaired) electrons. The summed E-state index contributed by atoms with van der Waals surface area (Å²) >= 11 is 0. The molecule has 1 aliphatic heterocycles. The second-order valence-electron chi connectivity index (χ2n) is 6.29. The van der Waals surface area contributed by atoms with Crippen molar-refractivity contribution in [2.45, 2.75) is 26.9 Å². The normalized spacial score (nSPS) is 15.0. The summed E-state index contributed by atoms with van der Waals surface area (Å²) in [5, 5.41) is 0. The zero-order valence-corrected chi connectivity index (χ0v) is 16.3. The molecule has 6 heteroatoms. The van der Waals surface area contributed by atoms with Gasteiger partial charge in [-0.15, -0.1) is 0 Å². The molecule has 2 aromatic rings. The van der Waals surface area contributed by atoms with Crippen LogP contribution < -0.4 is 14.2 Å². The molecule has 0 spiro atoms. The number of carbonyl (C=O) groups is 2. The standard InChI is InChI=1S/C22H22O6/c1-5-26-22(24)14(3)27-18-11-10-17-20(23)19(28-21(17)13(18)2)12-15-6-8-16(25-4)9-7-15/h6-12,14H,5H2,1-4H3/b19-12-. The van der Waals surface area contributed by atoms with Crippen LogP contribution in [0.25, 0.3) is 6.08 Å². The lowest BCUT2D eigenvalue weighted by atomic mass is 10.1. The van der Waals surface area contributed by atoms with Gasteiger partial charge >= 0.3 is 5.97 Å². The maximum absolute atomic E-state index is 12.7. The third-order valence-corrected chi connectivity index (χ3v) is 4.37. The molecule has 0 N–H and O–H groups in total. The molecule has 2 aromatic carbocycles. The molecule has 28 heavy (non-hydrogen) atoms. The zero-order valence-electron chi connectivity index (χ0n) is 16.3. The Morgan fingerprint density at radius 2 is 1.89 bits per heavy atom. The number of rotatable bonds is 6. The minimum Gasteiger partial charge on any atom is -0.497 e. The second-order valence-corrected chi connectivity index (χ2v) is 6.29. The van der Waals surface area contributed by atoms with Gasteiger partial charge < -0.3 is 18.9 Å². The first-order chi connectivity index (χ1) is 13.4. The Kier molecular flexibility index (Phi) is 5.68. The summed E-state index contributed by atoms with van der Waals surface area (Å²) in [4.78, 5) is 24.5. The Balaban J connectivity index is 1.83. The van der Waals surface area contributed by atoms with Gasteiger partial charge in [-0.3, -0.25) is 4.79 Å². The molecule has 0 saturated carbocycles. The van der Waals surface area contributed by atoms with Gasteiger partial charge in [-0.25, -0.2) is 4.79 Å². The van der Waals surface area contributed by atoms with Gasteiger partial charge in [0.15, 0.2) is 11.9 Å². The summed E-state index contributed by atoms with van der Waals surface area (Å²) in [7, 11) is 1.60. The molecular formula is C22H22O6. The van der Waals surface area contributed by atoms with Crippen LogP contribution in [0, 0.1) is 6.92 Å². The first-order valence-electron chi connectivity index (χ1n) is 8.99. The zero-order chi connectivity index (χ0) is 20.3. The quantitative estimate of drug-likeness (QED) is 0.556. The number of benzene rings is 2. The number of carbonyl (C=O) groups excluding carboxylic acids is 2. The smallest absolute Gasteiger partial charge is 0.347 e. The first kappa shape index (κ1) is 19.5. The molecule has 0 bridgehead atoms. The van der Waals surface area contributed by atoms with Crippen LogP contribution in [0.5, 0.6) is 17.2 Å². The van der Waals surface area contributed by atoms with E-state index in [1.807, 2.05) is 24.3 Å². The summed E-state index contributed by atoms with van der Waals surface area (Å²) in [6.07, 6.45) is 0.923. The van der Waals surface area contributed by atoms with Gasteiger partial charge in [-0.1, -0.05) is 12.1 Å². The first-order valence-corrected chi connectivity index (χ1v) is 8.99. The monoisotopic (exact) mass is 382 g/mol. The van der Waals surface area contributed by atoms with Crippen LogP contribution in [-0.4, -0.2) is 31.6 Å². The fourth-order valence-electron chi connectivity index (χ4n) is 2.85. The Labute approximate surface area is 163 Å². The molecule has 3 rings (SSSR count). The maximum atomic E-state index is 12.7. The molecule has 1 heterocycles. The predicted octanol–water partition coefficient (Wildman–Crippen LogP) is 3.95. The van der Waals surface area contributed by atoms with Gasteiger partial charge in [0.25, 0.3) is 0 Å². The molecule has 1 aliphatic rings. The molecule has 0 saturated heterocycles. The molecule has 146 valence electrons. The van der Waals surface area contributed by atoms with Crippen molar-refractivity contribution >= 4 is 17.8 Å². The minimum atomic E-state index is -0.761. The second kappa shape index (κ2) is 8.17. The summed E-state index contributed by atoms with van der Waals surface area (Å²) in [5.41, 5.74) is 1.94. The van der Waals surface area contributed by atoms with Crippen molar-refractivity contribution in [3.05, 3.63) is 58.8 Å². The third-order valence-electron chi connectivity index (χ3n) is 4.37. The topological polar surface area (TPSA) is 71.1 Å².